The van der Waals surface area contributed by atoms with Crippen LogP contribution >= 0.6 is 0 Å². The molecule has 156 valence electrons. The molecule has 8 atom stereocenters. The van der Waals surface area contributed by atoms with Crippen LogP contribution < -0.4 is 0 Å². The molecule has 0 aliphatic heterocycles. The minimum atomic E-state index is -0.203. The van der Waals surface area contributed by atoms with E-state index in [4.69, 9.17) is 4.74 Å². The Morgan fingerprint density at radius 1 is 1.04 bits per heavy atom. The lowest BCUT2D eigenvalue weighted by molar-refractivity contribution is -0.167. The number of rotatable bonds is 3. The highest BCUT2D eigenvalue weighted by molar-refractivity contribution is 5.88. The normalized spacial score (nSPS) is 47.9. The average Bonchev–Trinajstić information content (AvgIpc) is 2.97. The van der Waals surface area contributed by atoms with Gasteiger partial charge in [-0.1, -0.05) is 20.8 Å². The number of hydrogen-bond acceptors (Lipinski definition) is 4. The Bertz CT molecular complexity index is 684. The van der Waals surface area contributed by atoms with E-state index in [-0.39, 0.29) is 34.6 Å². The van der Waals surface area contributed by atoms with Crippen LogP contribution in [0, 0.1) is 46.3 Å². The molecular formula is C24H36O4. The zero-order chi connectivity index (χ0) is 20.3. The lowest BCUT2D eigenvalue weighted by Crippen LogP contribution is -2.59. The average molecular weight is 389 g/mol. The smallest absolute Gasteiger partial charge is 0.302 e. The van der Waals surface area contributed by atoms with Gasteiger partial charge in [0.15, 0.2) is 0 Å². The Kier molecular flexibility index (Phi) is 4.99. The molecule has 4 saturated carbocycles. The van der Waals surface area contributed by atoms with E-state index < -0.39 is 0 Å². The summed E-state index contributed by atoms with van der Waals surface area (Å²) < 4.78 is 5.23. The standard InChI is InChI=1S/C24H36O4/c1-14-20-13-17(26)7-10-24(20,4)19-8-11-23(3)16(9-12-28-15(2)25)5-6-18(23)21(19)22(14)27/h14,16,18-21H,5-13H2,1-4H3. The quantitative estimate of drug-likeness (QED) is 0.663. The van der Waals surface area contributed by atoms with E-state index in [2.05, 4.69) is 20.8 Å². The van der Waals surface area contributed by atoms with Gasteiger partial charge >= 0.3 is 5.97 Å². The summed E-state index contributed by atoms with van der Waals surface area (Å²) in [6.07, 6.45) is 7.75. The van der Waals surface area contributed by atoms with Gasteiger partial charge in [-0.25, -0.2) is 0 Å². The van der Waals surface area contributed by atoms with Crippen molar-refractivity contribution in [2.24, 2.45) is 46.3 Å². The summed E-state index contributed by atoms with van der Waals surface area (Å²) in [5, 5.41) is 0. The molecule has 8 unspecified atom stereocenters. The van der Waals surface area contributed by atoms with Crippen LogP contribution in [0.15, 0.2) is 0 Å². The first-order chi connectivity index (χ1) is 13.2. The summed E-state index contributed by atoms with van der Waals surface area (Å²) in [4.78, 5) is 36.9. The van der Waals surface area contributed by atoms with Crippen molar-refractivity contribution in [2.75, 3.05) is 6.61 Å². The van der Waals surface area contributed by atoms with Crippen LogP contribution in [0.3, 0.4) is 0 Å². The highest BCUT2D eigenvalue weighted by Gasteiger charge is 2.64. The van der Waals surface area contributed by atoms with Gasteiger partial charge in [-0.3, -0.25) is 14.4 Å². The molecule has 0 heterocycles. The van der Waals surface area contributed by atoms with Crippen molar-refractivity contribution in [3.63, 3.8) is 0 Å². The second-order valence-corrected chi connectivity index (χ2v) is 10.7. The number of carbonyl (C=O) groups excluding carboxylic acids is 3. The molecule has 0 aromatic heterocycles. The zero-order valence-electron chi connectivity index (χ0n) is 18.0. The van der Waals surface area contributed by atoms with Crippen molar-refractivity contribution in [1.82, 2.24) is 0 Å². The van der Waals surface area contributed by atoms with E-state index >= 15 is 0 Å². The van der Waals surface area contributed by atoms with Crippen molar-refractivity contribution in [1.29, 1.82) is 0 Å². The predicted octanol–water partition coefficient (Wildman–Crippen LogP) is 4.59. The van der Waals surface area contributed by atoms with E-state index in [1.54, 1.807) is 0 Å². The Morgan fingerprint density at radius 3 is 2.46 bits per heavy atom. The monoisotopic (exact) mass is 388 g/mol. The molecule has 0 amide bonds. The minimum absolute atomic E-state index is 0.0120. The van der Waals surface area contributed by atoms with Gasteiger partial charge in [0.25, 0.3) is 0 Å². The summed E-state index contributed by atoms with van der Waals surface area (Å²) in [5.74, 6) is 2.46. The molecule has 0 aromatic carbocycles. The Hall–Kier alpha value is -1.19. The summed E-state index contributed by atoms with van der Waals surface area (Å²) in [6.45, 7) is 8.86. The number of hydrogen-bond donors (Lipinski definition) is 0. The fourth-order valence-corrected chi connectivity index (χ4v) is 8.09. The maximum atomic E-state index is 13.6. The number of carbonyl (C=O) groups is 3. The van der Waals surface area contributed by atoms with Crippen molar-refractivity contribution >= 4 is 17.5 Å². The molecule has 0 saturated heterocycles. The van der Waals surface area contributed by atoms with E-state index in [0.29, 0.717) is 48.8 Å². The van der Waals surface area contributed by atoms with Crippen LogP contribution in [0.4, 0.5) is 0 Å². The highest BCUT2D eigenvalue weighted by Crippen LogP contribution is 2.67. The highest BCUT2D eigenvalue weighted by atomic mass is 16.5. The molecular weight excluding hydrogens is 352 g/mol. The van der Waals surface area contributed by atoms with Gasteiger partial charge in [-0.2, -0.15) is 0 Å². The van der Waals surface area contributed by atoms with Crippen LogP contribution in [-0.4, -0.2) is 24.1 Å². The largest absolute Gasteiger partial charge is 0.466 e. The minimum Gasteiger partial charge on any atom is -0.466 e. The molecule has 0 aromatic rings. The summed E-state index contributed by atoms with van der Waals surface area (Å²) in [5.41, 5.74) is 0.327. The molecule has 0 bridgehead atoms. The Morgan fingerprint density at radius 2 is 1.75 bits per heavy atom. The third-order valence-corrected chi connectivity index (χ3v) is 9.70. The SMILES string of the molecule is CC(=O)OCCC1CCC2C3C(=O)C(C)C4CC(=O)CCC4(C)C3CCC12C. The number of ketones is 2. The van der Waals surface area contributed by atoms with Crippen molar-refractivity contribution < 1.29 is 19.1 Å². The molecule has 4 nitrogen and oxygen atoms in total. The summed E-state index contributed by atoms with van der Waals surface area (Å²) in [6, 6.07) is 0. The molecule has 28 heavy (non-hydrogen) atoms. The first-order valence-corrected chi connectivity index (χ1v) is 11.4. The lowest BCUT2D eigenvalue weighted by atomic mass is 9.42. The molecule has 4 heteroatoms. The van der Waals surface area contributed by atoms with E-state index in [1.165, 1.54) is 13.3 Å². The number of ether oxygens (including phenoxy) is 1. The molecule has 0 spiro atoms. The van der Waals surface area contributed by atoms with Crippen LogP contribution in [0.2, 0.25) is 0 Å². The number of esters is 1. The van der Waals surface area contributed by atoms with E-state index in [0.717, 1.165) is 32.1 Å². The predicted molar refractivity (Wildman–Crippen MR) is 106 cm³/mol. The van der Waals surface area contributed by atoms with Crippen molar-refractivity contribution in [3.8, 4) is 0 Å². The van der Waals surface area contributed by atoms with Crippen molar-refractivity contribution in [3.05, 3.63) is 0 Å². The third kappa shape index (κ3) is 2.89. The van der Waals surface area contributed by atoms with E-state index in [9.17, 15) is 14.4 Å². The van der Waals surface area contributed by atoms with Crippen LogP contribution in [0.25, 0.3) is 0 Å². The Labute approximate surface area is 169 Å². The topological polar surface area (TPSA) is 60.4 Å². The third-order valence-electron chi connectivity index (χ3n) is 9.70. The Balaban J connectivity index is 1.58. The van der Waals surface area contributed by atoms with Crippen LogP contribution in [0.1, 0.15) is 79.1 Å². The zero-order valence-corrected chi connectivity index (χ0v) is 18.0. The molecule has 0 radical (unpaired) electrons. The van der Waals surface area contributed by atoms with Gasteiger partial charge in [0.1, 0.15) is 11.6 Å². The van der Waals surface area contributed by atoms with Gasteiger partial charge in [-0.05, 0) is 73.0 Å². The molecule has 4 rings (SSSR count). The molecule has 4 aliphatic carbocycles. The second kappa shape index (κ2) is 6.95. The van der Waals surface area contributed by atoms with Gasteiger partial charge in [0.2, 0.25) is 0 Å². The van der Waals surface area contributed by atoms with Crippen LogP contribution in [0.5, 0.6) is 0 Å². The summed E-state index contributed by atoms with van der Waals surface area (Å²) in [7, 11) is 0. The maximum Gasteiger partial charge on any atom is 0.302 e. The number of Topliss-reactive ketones (excluding diaryl/α,β-unsaturated/α-hetero) is 2. The fraction of sp³-hybridized carbons (Fsp3) is 0.875. The summed E-state index contributed by atoms with van der Waals surface area (Å²) >= 11 is 0. The maximum absolute atomic E-state index is 13.6. The molecule has 4 fully saturated rings. The first-order valence-electron chi connectivity index (χ1n) is 11.4. The number of fused-ring (bicyclic) bond motifs is 5. The molecule has 0 N–H and O–H groups in total. The van der Waals surface area contributed by atoms with Gasteiger partial charge < -0.3 is 4.74 Å². The van der Waals surface area contributed by atoms with E-state index in [1.807, 2.05) is 0 Å². The second-order valence-electron chi connectivity index (χ2n) is 10.7. The molecule has 4 aliphatic rings. The lowest BCUT2D eigenvalue weighted by Gasteiger charge is -2.61. The van der Waals surface area contributed by atoms with Crippen molar-refractivity contribution in [2.45, 2.75) is 79.1 Å². The van der Waals surface area contributed by atoms with Gasteiger partial charge in [0.05, 0.1) is 6.61 Å². The van der Waals surface area contributed by atoms with Gasteiger partial charge in [-0.15, -0.1) is 0 Å². The van der Waals surface area contributed by atoms with Gasteiger partial charge in [0, 0.05) is 31.6 Å². The fourth-order valence-electron chi connectivity index (χ4n) is 8.09. The first kappa shape index (κ1) is 20.1. The van der Waals surface area contributed by atoms with Crippen LogP contribution in [-0.2, 0) is 19.1 Å².